The molecule has 0 aromatic carbocycles. The van der Waals surface area contributed by atoms with Crippen LogP contribution in [0.5, 0.6) is 0 Å². The topological polar surface area (TPSA) is 43.8 Å². The van der Waals surface area contributed by atoms with Gasteiger partial charge in [-0.05, 0) is 31.1 Å². The minimum Gasteiger partial charge on any atom is -0.338 e. The summed E-state index contributed by atoms with van der Waals surface area (Å²) < 4.78 is 2.10. The summed E-state index contributed by atoms with van der Waals surface area (Å²) in [6, 6.07) is 0.360. The highest BCUT2D eigenvalue weighted by Gasteiger charge is 2.25. The van der Waals surface area contributed by atoms with Gasteiger partial charge in [0, 0.05) is 31.9 Å². The second-order valence-corrected chi connectivity index (χ2v) is 6.23. The number of rotatable bonds is 6. The van der Waals surface area contributed by atoms with Crippen molar-refractivity contribution in [3.63, 3.8) is 0 Å². The third-order valence-electron chi connectivity index (χ3n) is 4.82. The quantitative estimate of drug-likeness (QED) is 0.856. The Labute approximate surface area is 117 Å². The fourth-order valence-electron chi connectivity index (χ4n) is 3.48. The van der Waals surface area contributed by atoms with Gasteiger partial charge in [-0.2, -0.15) is 0 Å². The van der Waals surface area contributed by atoms with E-state index in [9.17, 15) is 0 Å². The van der Waals surface area contributed by atoms with Crippen LogP contribution >= 0.6 is 0 Å². The van der Waals surface area contributed by atoms with Crippen molar-refractivity contribution in [1.82, 2.24) is 9.55 Å². The second-order valence-electron chi connectivity index (χ2n) is 6.23. The Morgan fingerprint density at radius 3 is 2.68 bits per heavy atom. The van der Waals surface area contributed by atoms with Gasteiger partial charge in [-0.15, -0.1) is 0 Å². The highest BCUT2D eigenvalue weighted by Crippen LogP contribution is 2.33. The lowest BCUT2D eigenvalue weighted by atomic mass is 9.76. The third kappa shape index (κ3) is 4.07. The van der Waals surface area contributed by atoms with Crippen molar-refractivity contribution >= 4 is 0 Å². The van der Waals surface area contributed by atoms with E-state index in [0.29, 0.717) is 6.04 Å². The predicted octanol–water partition coefficient (Wildman–Crippen LogP) is 3.29. The second kappa shape index (κ2) is 7.09. The summed E-state index contributed by atoms with van der Waals surface area (Å²) in [4.78, 5) is 4.38. The lowest BCUT2D eigenvalue weighted by Gasteiger charge is -2.32. The van der Waals surface area contributed by atoms with Gasteiger partial charge >= 0.3 is 0 Å². The van der Waals surface area contributed by atoms with Crippen LogP contribution in [0, 0.1) is 11.8 Å². The average Bonchev–Trinajstić information content (AvgIpc) is 2.83. The van der Waals surface area contributed by atoms with Gasteiger partial charge in [0.2, 0.25) is 0 Å². The molecule has 1 aliphatic carbocycles. The predicted molar refractivity (Wildman–Crippen MR) is 79.9 cm³/mol. The summed E-state index contributed by atoms with van der Waals surface area (Å²) in [6.45, 7) is 2.30. The molecular weight excluding hydrogens is 234 g/mol. The molecule has 2 rings (SSSR count). The van der Waals surface area contributed by atoms with Crippen molar-refractivity contribution in [2.75, 3.05) is 0 Å². The van der Waals surface area contributed by atoms with Gasteiger partial charge in [0.1, 0.15) is 5.82 Å². The molecule has 3 heteroatoms. The number of nitrogens with zero attached hydrogens (tertiary/aromatic N) is 2. The molecule has 0 radical (unpaired) electrons. The summed E-state index contributed by atoms with van der Waals surface area (Å²) >= 11 is 0. The molecular formula is C16H29N3. The first-order chi connectivity index (χ1) is 9.20. The zero-order valence-corrected chi connectivity index (χ0v) is 12.5. The van der Waals surface area contributed by atoms with Gasteiger partial charge in [-0.1, -0.05) is 32.6 Å². The van der Waals surface area contributed by atoms with E-state index in [1.807, 2.05) is 12.4 Å². The molecule has 1 atom stereocenters. The van der Waals surface area contributed by atoms with Crippen LogP contribution in [0.15, 0.2) is 12.4 Å². The average molecular weight is 263 g/mol. The van der Waals surface area contributed by atoms with Crippen LogP contribution < -0.4 is 5.73 Å². The Morgan fingerprint density at radius 2 is 2.11 bits per heavy atom. The summed E-state index contributed by atoms with van der Waals surface area (Å²) in [5, 5.41) is 0. The molecule has 0 aliphatic heterocycles. The van der Waals surface area contributed by atoms with Crippen LogP contribution in [0.2, 0.25) is 0 Å². The van der Waals surface area contributed by atoms with E-state index in [2.05, 4.69) is 23.5 Å². The van der Waals surface area contributed by atoms with Crippen LogP contribution in [0.3, 0.4) is 0 Å². The SMILES string of the molecule is CCCC1CCC(C(N)CCc2nccn2C)CC1. The number of aromatic nitrogens is 2. The normalized spacial score (nSPS) is 25.4. The third-order valence-corrected chi connectivity index (χ3v) is 4.82. The van der Waals surface area contributed by atoms with Gasteiger partial charge in [-0.3, -0.25) is 0 Å². The van der Waals surface area contributed by atoms with Crippen molar-refractivity contribution in [2.24, 2.45) is 24.6 Å². The number of imidazole rings is 1. The summed E-state index contributed by atoms with van der Waals surface area (Å²) in [6.07, 6.45) is 14.2. The van der Waals surface area contributed by atoms with Crippen LogP contribution in [-0.4, -0.2) is 15.6 Å². The van der Waals surface area contributed by atoms with E-state index in [-0.39, 0.29) is 0 Å². The molecule has 0 spiro atoms. The first kappa shape index (κ1) is 14.6. The maximum atomic E-state index is 6.40. The van der Waals surface area contributed by atoms with Gasteiger partial charge in [0.05, 0.1) is 0 Å². The minimum atomic E-state index is 0.360. The maximum Gasteiger partial charge on any atom is 0.108 e. The molecule has 1 heterocycles. The molecule has 1 saturated carbocycles. The molecule has 1 fully saturated rings. The van der Waals surface area contributed by atoms with E-state index in [1.54, 1.807) is 0 Å². The zero-order valence-electron chi connectivity index (χ0n) is 12.5. The molecule has 108 valence electrons. The minimum absolute atomic E-state index is 0.360. The largest absolute Gasteiger partial charge is 0.338 e. The number of hydrogen-bond acceptors (Lipinski definition) is 2. The fraction of sp³-hybridized carbons (Fsp3) is 0.812. The van der Waals surface area contributed by atoms with Gasteiger partial charge < -0.3 is 10.3 Å². The molecule has 19 heavy (non-hydrogen) atoms. The Bertz CT molecular complexity index is 364. The van der Waals surface area contributed by atoms with E-state index in [4.69, 9.17) is 5.73 Å². The highest BCUT2D eigenvalue weighted by atomic mass is 15.0. The Kier molecular flexibility index (Phi) is 5.44. The zero-order chi connectivity index (χ0) is 13.7. The highest BCUT2D eigenvalue weighted by molar-refractivity contribution is 4.92. The van der Waals surface area contributed by atoms with Crippen molar-refractivity contribution in [3.8, 4) is 0 Å². The van der Waals surface area contributed by atoms with Crippen molar-refractivity contribution in [2.45, 2.75) is 64.3 Å². The van der Waals surface area contributed by atoms with Crippen LogP contribution in [0.1, 0.15) is 57.7 Å². The first-order valence-corrected chi connectivity index (χ1v) is 7.92. The number of aryl methyl sites for hydroxylation is 2. The molecule has 0 bridgehead atoms. The lowest BCUT2D eigenvalue weighted by Crippen LogP contribution is -2.33. The summed E-state index contributed by atoms with van der Waals surface area (Å²) in [5.41, 5.74) is 6.40. The smallest absolute Gasteiger partial charge is 0.108 e. The van der Waals surface area contributed by atoms with E-state index >= 15 is 0 Å². The molecule has 2 N–H and O–H groups in total. The van der Waals surface area contributed by atoms with E-state index in [0.717, 1.165) is 30.5 Å². The van der Waals surface area contributed by atoms with Crippen LogP contribution in [-0.2, 0) is 13.5 Å². The summed E-state index contributed by atoms with van der Waals surface area (Å²) in [7, 11) is 2.06. The van der Waals surface area contributed by atoms with Crippen molar-refractivity contribution in [1.29, 1.82) is 0 Å². The van der Waals surface area contributed by atoms with E-state index < -0.39 is 0 Å². The molecule has 0 amide bonds. The van der Waals surface area contributed by atoms with Crippen molar-refractivity contribution in [3.05, 3.63) is 18.2 Å². The molecule has 1 aromatic heterocycles. The standard InChI is InChI=1S/C16H29N3/c1-3-4-13-5-7-14(8-6-13)15(17)9-10-16-18-11-12-19(16)2/h11-15H,3-10,17H2,1-2H3. The Morgan fingerprint density at radius 1 is 1.37 bits per heavy atom. The van der Waals surface area contributed by atoms with Gasteiger partial charge in [0.25, 0.3) is 0 Å². The maximum absolute atomic E-state index is 6.40. The number of hydrogen-bond donors (Lipinski definition) is 1. The van der Waals surface area contributed by atoms with Crippen LogP contribution in [0.4, 0.5) is 0 Å². The lowest BCUT2D eigenvalue weighted by molar-refractivity contribution is 0.228. The Hall–Kier alpha value is -0.830. The summed E-state index contributed by atoms with van der Waals surface area (Å²) in [5.74, 6) is 2.88. The number of nitrogens with two attached hydrogens (primary N) is 1. The molecule has 1 aromatic rings. The monoisotopic (exact) mass is 263 g/mol. The fourth-order valence-corrected chi connectivity index (χ4v) is 3.48. The molecule has 0 saturated heterocycles. The molecule has 1 aliphatic rings. The Balaban J connectivity index is 1.72. The van der Waals surface area contributed by atoms with Crippen molar-refractivity contribution < 1.29 is 0 Å². The molecule has 3 nitrogen and oxygen atoms in total. The van der Waals surface area contributed by atoms with E-state index in [1.165, 1.54) is 38.5 Å². The first-order valence-electron chi connectivity index (χ1n) is 7.92. The van der Waals surface area contributed by atoms with Gasteiger partial charge in [-0.25, -0.2) is 4.98 Å². The molecule has 1 unspecified atom stereocenters. The van der Waals surface area contributed by atoms with Gasteiger partial charge in [0.15, 0.2) is 0 Å². The van der Waals surface area contributed by atoms with Crippen LogP contribution in [0.25, 0.3) is 0 Å².